The Kier molecular flexibility index (Phi) is 5.88. The summed E-state index contributed by atoms with van der Waals surface area (Å²) in [6.45, 7) is 4.86. The fraction of sp³-hybridized carbons (Fsp3) is 0.278. The Labute approximate surface area is 155 Å². The van der Waals surface area contributed by atoms with Gasteiger partial charge in [0, 0.05) is 23.5 Å². The Hall–Kier alpha value is -2.12. The highest BCUT2D eigenvalue weighted by atomic mass is 32.2. The Morgan fingerprint density at radius 1 is 1.28 bits per heavy atom. The van der Waals surface area contributed by atoms with Crippen molar-refractivity contribution in [3.8, 4) is 0 Å². The molecule has 25 heavy (non-hydrogen) atoms. The molecule has 0 atom stereocenters. The standard InChI is InChI=1S/C18H20N4OS2/c1-3-22-16(11-15-8-5-9-24-15)20-21-18(22)25-12-17(23)19-14-7-4-6-13(2)10-14/h4-10H,3,11-12H2,1-2H3,(H,19,23). The number of thioether (sulfide) groups is 1. The molecule has 130 valence electrons. The minimum atomic E-state index is -0.0407. The van der Waals surface area contributed by atoms with Gasteiger partial charge in [0.25, 0.3) is 0 Å². The van der Waals surface area contributed by atoms with Gasteiger partial charge in [-0.1, -0.05) is 30.0 Å². The summed E-state index contributed by atoms with van der Waals surface area (Å²) in [5.41, 5.74) is 1.94. The topological polar surface area (TPSA) is 59.8 Å². The van der Waals surface area contributed by atoms with Gasteiger partial charge < -0.3 is 9.88 Å². The number of rotatable bonds is 7. The monoisotopic (exact) mass is 372 g/mol. The third kappa shape index (κ3) is 4.70. The van der Waals surface area contributed by atoms with Crippen LogP contribution >= 0.6 is 23.1 Å². The SMILES string of the molecule is CCn1c(Cc2cccs2)nnc1SCC(=O)Nc1cccc(C)c1. The van der Waals surface area contributed by atoms with Crippen LogP contribution in [0.5, 0.6) is 0 Å². The lowest BCUT2D eigenvalue weighted by Gasteiger charge is -2.08. The number of carbonyl (C=O) groups excluding carboxylic acids is 1. The predicted molar refractivity (Wildman–Crippen MR) is 103 cm³/mol. The molecule has 2 heterocycles. The van der Waals surface area contributed by atoms with E-state index in [1.165, 1.54) is 16.6 Å². The van der Waals surface area contributed by atoms with Gasteiger partial charge >= 0.3 is 0 Å². The first kappa shape index (κ1) is 17.7. The van der Waals surface area contributed by atoms with E-state index in [0.29, 0.717) is 5.75 Å². The summed E-state index contributed by atoms with van der Waals surface area (Å²) in [5, 5.41) is 14.3. The first-order valence-corrected chi connectivity index (χ1v) is 9.96. The van der Waals surface area contributed by atoms with E-state index in [1.54, 1.807) is 11.3 Å². The molecular weight excluding hydrogens is 352 g/mol. The summed E-state index contributed by atoms with van der Waals surface area (Å²) < 4.78 is 2.07. The van der Waals surface area contributed by atoms with Crippen LogP contribution in [-0.4, -0.2) is 26.4 Å². The Balaban J connectivity index is 1.61. The van der Waals surface area contributed by atoms with E-state index in [4.69, 9.17) is 0 Å². The van der Waals surface area contributed by atoms with Crippen molar-refractivity contribution in [2.24, 2.45) is 0 Å². The molecule has 1 N–H and O–H groups in total. The zero-order valence-electron chi connectivity index (χ0n) is 14.2. The van der Waals surface area contributed by atoms with Gasteiger partial charge in [-0.3, -0.25) is 4.79 Å². The van der Waals surface area contributed by atoms with Crippen LogP contribution in [0.4, 0.5) is 5.69 Å². The predicted octanol–water partition coefficient (Wildman–Crippen LogP) is 3.99. The normalized spacial score (nSPS) is 10.8. The van der Waals surface area contributed by atoms with E-state index in [-0.39, 0.29) is 5.91 Å². The highest BCUT2D eigenvalue weighted by Gasteiger charge is 2.14. The molecule has 1 aromatic carbocycles. The molecule has 1 amide bonds. The molecule has 0 spiro atoms. The van der Waals surface area contributed by atoms with E-state index in [1.807, 2.05) is 37.3 Å². The summed E-state index contributed by atoms with van der Waals surface area (Å²) >= 11 is 3.13. The molecule has 3 rings (SSSR count). The summed E-state index contributed by atoms with van der Waals surface area (Å²) in [7, 11) is 0. The number of amides is 1. The number of anilines is 1. The van der Waals surface area contributed by atoms with Crippen molar-refractivity contribution >= 4 is 34.7 Å². The number of aromatic nitrogens is 3. The Bertz CT molecular complexity index is 843. The lowest BCUT2D eigenvalue weighted by Crippen LogP contribution is -2.14. The van der Waals surface area contributed by atoms with E-state index in [9.17, 15) is 4.79 Å². The van der Waals surface area contributed by atoms with Gasteiger partial charge in [-0.15, -0.1) is 21.5 Å². The largest absolute Gasteiger partial charge is 0.325 e. The first-order valence-electron chi connectivity index (χ1n) is 8.09. The van der Waals surface area contributed by atoms with Crippen LogP contribution in [-0.2, 0) is 17.8 Å². The van der Waals surface area contributed by atoms with Gasteiger partial charge in [0.2, 0.25) is 5.91 Å². The van der Waals surface area contributed by atoms with Crippen molar-refractivity contribution in [1.29, 1.82) is 0 Å². The van der Waals surface area contributed by atoms with E-state index in [0.717, 1.165) is 35.2 Å². The van der Waals surface area contributed by atoms with Crippen LogP contribution in [0.25, 0.3) is 0 Å². The van der Waals surface area contributed by atoms with Crippen molar-refractivity contribution in [2.75, 3.05) is 11.1 Å². The number of aryl methyl sites for hydroxylation is 1. The molecule has 0 radical (unpaired) electrons. The molecule has 0 saturated heterocycles. The first-order chi connectivity index (χ1) is 12.2. The van der Waals surface area contributed by atoms with Gasteiger partial charge in [-0.05, 0) is 43.0 Å². The average molecular weight is 373 g/mol. The van der Waals surface area contributed by atoms with Crippen molar-refractivity contribution in [3.05, 3.63) is 58.0 Å². The minimum absolute atomic E-state index is 0.0407. The van der Waals surface area contributed by atoms with Crippen LogP contribution in [0, 0.1) is 6.92 Å². The van der Waals surface area contributed by atoms with Crippen molar-refractivity contribution in [1.82, 2.24) is 14.8 Å². The number of nitrogens with one attached hydrogen (secondary N) is 1. The number of nitrogens with zero attached hydrogens (tertiary/aromatic N) is 3. The molecule has 0 unspecified atom stereocenters. The van der Waals surface area contributed by atoms with Gasteiger partial charge in [0.15, 0.2) is 5.16 Å². The second-order valence-corrected chi connectivity index (χ2v) is 7.58. The third-order valence-corrected chi connectivity index (χ3v) is 5.50. The van der Waals surface area contributed by atoms with Gasteiger partial charge in [-0.2, -0.15) is 0 Å². The molecule has 0 fully saturated rings. The highest BCUT2D eigenvalue weighted by molar-refractivity contribution is 7.99. The molecule has 7 heteroatoms. The second-order valence-electron chi connectivity index (χ2n) is 5.61. The molecule has 0 aliphatic rings. The van der Waals surface area contributed by atoms with Gasteiger partial charge in [0.1, 0.15) is 5.82 Å². The fourth-order valence-electron chi connectivity index (χ4n) is 2.49. The van der Waals surface area contributed by atoms with Crippen molar-refractivity contribution < 1.29 is 4.79 Å². The van der Waals surface area contributed by atoms with Gasteiger partial charge in [0.05, 0.1) is 5.75 Å². The number of benzene rings is 1. The summed E-state index contributed by atoms with van der Waals surface area (Å²) in [6.07, 6.45) is 0.772. The minimum Gasteiger partial charge on any atom is -0.325 e. The third-order valence-electron chi connectivity index (χ3n) is 3.66. The Morgan fingerprint density at radius 2 is 2.16 bits per heavy atom. The summed E-state index contributed by atoms with van der Waals surface area (Å²) in [5.74, 6) is 1.21. The average Bonchev–Trinajstić information content (AvgIpc) is 3.23. The van der Waals surface area contributed by atoms with E-state index >= 15 is 0 Å². The Morgan fingerprint density at radius 3 is 2.88 bits per heavy atom. The fourth-order valence-corrected chi connectivity index (χ4v) is 4.02. The van der Waals surface area contributed by atoms with Crippen LogP contribution < -0.4 is 5.32 Å². The molecule has 5 nitrogen and oxygen atoms in total. The van der Waals surface area contributed by atoms with Gasteiger partial charge in [-0.25, -0.2) is 0 Å². The molecule has 0 aliphatic carbocycles. The quantitative estimate of drug-likeness (QED) is 0.637. The van der Waals surface area contributed by atoms with Crippen LogP contribution in [0.15, 0.2) is 46.9 Å². The molecule has 0 saturated carbocycles. The maximum absolute atomic E-state index is 12.2. The maximum atomic E-state index is 12.2. The van der Waals surface area contributed by atoms with E-state index < -0.39 is 0 Å². The molecule has 2 aromatic heterocycles. The number of hydrogen-bond donors (Lipinski definition) is 1. The lowest BCUT2D eigenvalue weighted by molar-refractivity contribution is -0.113. The smallest absolute Gasteiger partial charge is 0.234 e. The molecule has 0 aliphatic heterocycles. The summed E-state index contributed by atoms with van der Waals surface area (Å²) in [6, 6.07) is 11.9. The van der Waals surface area contributed by atoms with Crippen molar-refractivity contribution in [3.63, 3.8) is 0 Å². The highest BCUT2D eigenvalue weighted by Crippen LogP contribution is 2.20. The van der Waals surface area contributed by atoms with Crippen LogP contribution in [0.2, 0.25) is 0 Å². The number of thiophene rings is 1. The molecule has 3 aromatic rings. The number of carbonyl (C=O) groups is 1. The summed E-state index contributed by atoms with van der Waals surface area (Å²) in [4.78, 5) is 13.4. The van der Waals surface area contributed by atoms with Crippen molar-refractivity contribution in [2.45, 2.75) is 32.0 Å². The van der Waals surface area contributed by atoms with Crippen LogP contribution in [0.1, 0.15) is 23.2 Å². The lowest BCUT2D eigenvalue weighted by atomic mass is 10.2. The maximum Gasteiger partial charge on any atom is 0.234 e. The zero-order valence-corrected chi connectivity index (χ0v) is 15.9. The number of hydrogen-bond acceptors (Lipinski definition) is 5. The second kappa shape index (κ2) is 8.31. The van der Waals surface area contributed by atoms with Crippen LogP contribution in [0.3, 0.4) is 0 Å². The van der Waals surface area contributed by atoms with E-state index in [2.05, 4.69) is 38.5 Å². The molecule has 0 bridgehead atoms. The zero-order chi connectivity index (χ0) is 17.6. The molecular formula is C18H20N4OS2.